The molecule has 3 rings (SSSR count). The maximum Gasteiger partial charge on any atom is 0.0974 e. The molecule has 1 aromatic heterocycles. The fraction of sp³-hybridized carbons (Fsp3) is 0. The summed E-state index contributed by atoms with van der Waals surface area (Å²) in [6.45, 7) is 3.54. The SMILES string of the molecule is C=Cc1ccoc1.c1cc2cc-2c1. The predicted octanol–water partition coefficient (Wildman–Crippen LogP) is 3.59. The first-order valence-electron chi connectivity index (χ1n) is 4.15. The van der Waals surface area contributed by atoms with Crippen molar-refractivity contribution in [1.82, 2.24) is 0 Å². The number of hydrogen-bond donors (Lipinski definition) is 0. The number of furan rings is 1. The van der Waals surface area contributed by atoms with Gasteiger partial charge in [0.05, 0.1) is 12.5 Å². The molecule has 0 N–H and O–H groups in total. The van der Waals surface area contributed by atoms with Crippen LogP contribution in [0, 0.1) is 0 Å². The molecule has 0 saturated carbocycles. The smallest absolute Gasteiger partial charge is 0.0974 e. The third-order valence-electron chi connectivity index (χ3n) is 1.89. The molecule has 0 aromatic carbocycles. The van der Waals surface area contributed by atoms with Gasteiger partial charge in [-0.05, 0) is 23.3 Å². The van der Waals surface area contributed by atoms with Gasteiger partial charge in [0.15, 0.2) is 0 Å². The second-order valence-electron chi connectivity index (χ2n) is 2.84. The van der Waals surface area contributed by atoms with Gasteiger partial charge in [0.2, 0.25) is 0 Å². The van der Waals surface area contributed by atoms with Gasteiger partial charge in [-0.2, -0.15) is 0 Å². The van der Waals surface area contributed by atoms with Gasteiger partial charge in [-0.1, -0.05) is 30.9 Å². The normalized spacial score (nSPS) is 9.85. The van der Waals surface area contributed by atoms with E-state index in [9.17, 15) is 0 Å². The van der Waals surface area contributed by atoms with Crippen molar-refractivity contribution in [3.8, 4) is 11.1 Å². The standard InChI is InChI=1S/C6H6O.C6H4/c1-2-6-3-4-7-5-6;1-2-5-4-6(5)3-1/h2-5H,1H2;1-4H. The van der Waals surface area contributed by atoms with E-state index >= 15 is 0 Å². The fourth-order valence-electron chi connectivity index (χ4n) is 1.07. The lowest BCUT2D eigenvalue weighted by Gasteiger charge is -1.69. The van der Waals surface area contributed by atoms with Gasteiger partial charge in [-0.3, -0.25) is 0 Å². The molecular formula is C12H10O. The van der Waals surface area contributed by atoms with E-state index in [0.717, 1.165) is 5.56 Å². The zero-order chi connectivity index (χ0) is 9.10. The van der Waals surface area contributed by atoms with Crippen LogP contribution in [0.1, 0.15) is 5.56 Å². The van der Waals surface area contributed by atoms with Crippen LogP contribution in [0.2, 0.25) is 0 Å². The highest BCUT2D eigenvalue weighted by molar-refractivity contribution is 5.80. The molecule has 13 heavy (non-hydrogen) atoms. The zero-order valence-corrected chi connectivity index (χ0v) is 7.23. The molecule has 1 nitrogen and oxygen atoms in total. The summed E-state index contributed by atoms with van der Waals surface area (Å²) < 4.78 is 4.73. The lowest BCUT2D eigenvalue weighted by molar-refractivity contribution is 0.567. The summed E-state index contributed by atoms with van der Waals surface area (Å²) in [5.74, 6) is 0. The van der Waals surface area contributed by atoms with E-state index in [1.807, 2.05) is 6.07 Å². The largest absolute Gasteiger partial charge is 0.472 e. The summed E-state index contributed by atoms with van der Waals surface area (Å²) >= 11 is 0. The molecule has 0 unspecified atom stereocenters. The molecule has 0 spiro atoms. The third kappa shape index (κ3) is 1.88. The van der Waals surface area contributed by atoms with Crippen molar-refractivity contribution in [3.05, 3.63) is 55.0 Å². The van der Waals surface area contributed by atoms with E-state index in [2.05, 4.69) is 30.8 Å². The van der Waals surface area contributed by atoms with E-state index in [-0.39, 0.29) is 0 Å². The molecule has 64 valence electrons. The van der Waals surface area contributed by atoms with Crippen molar-refractivity contribution in [2.24, 2.45) is 0 Å². The van der Waals surface area contributed by atoms with Crippen LogP contribution in [0.4, 0.5) is 0 Å². The maximum atomic E-state index is 4.73. The first-order valence-corrected chi connectivity index (χ1v) is 4.15. The first-order chi connectivity index (χ1) is 6.40. The van der Waals surface area contributed by atoms with Crippen LogP contribution in [-0.4, -0.2) is 0 Å². The zero-order valence-electron chi connectivity index (χ0n) is 7.23. The van der Waals surface area contributed by atoms with Gasteiger partial charge >= 0.3 is 0 Å². The molecule has 0 aliphatic heterocycles. The molecule has 1 heterocycles. The van der Waals surface area contributed by atoms with E-state index < -0.39 is 0 Å². The quantitative estimate of drug-likeness (QED) is 0.544. The van der Waals surface area contributed by atoms with Crippen LogP contribution in [0.15, 0.2) is 53.9 Å². The second kappa shape index (κ2) is 3.31. The monoisotopic (exact) mass is 170 g/mol. The Morgan fingerprint density at radius 1 is 1.15 bits per heavy atom. The minimum atomic E-state index is 1.03. The maximum absolute atomic E-state index is 4.73. The molecule has 2 aliphatic rings. The predicted molar refractivity (Wildman–Crippen MR) is 54.2 cm³/mol. The Kier molecular flexibility index (Phi) is 2.01. The number of rotatable bonds is 1. The van der Waals surface area contributed by atoms with Crippen LogP contribution >= 0.6 is 0 Å². The van der Waals surface area contributed by atoms with Crippen LogP contribution in [0.3, 0.4) is 0 Å². The Balaban J connectivity index is 0.000000101. The van der Waals surface area contributed by atoms with Gasteiger partial charge < -0.3 is 4.42 Å². The van der Waals surface area contributed by atoms with Crippen molar-refractivity contribution in [2.45, 2.75) is 0 Å². The molecule has 0 amide bonds. The minimum Gasteiger partial charge on any atom is -0.472 e. The lowest BCUT2D eigenvalue weighted by atomic mass is 10.3. The van der Waals surface area contributed by atoms with E-state index in [0.29, 0.717) is 0 Å². The molecule has 0 fully saturated rings. The van der Waals surface area contributed by atoms with Gasteiger partial charge in [-0.25, -0.2) is 0 Å². The average molecular weight is 170 g/mol. The van der Waals surface area contributed by atoms with Crippen LogP contribution in [-0.2, 0) is 0 Å². The summed E-state index contributed by atoms with van der Waals surface area (Å²) in [4.78, 5) is 0. The summed E-state index contributed by atoms with van der Waals surface area (Å²) in [6.07, 6.45) is 5.01. The van der Waals surface area contributed by atoms with Gasteiger partial charge in [0, 0.05) is 5.56 Å². The Morgan fingerprint density at radius 2 is 1.92 bits per heavy atom. The molecule has 1 aromatic rings. The molecule has 0 bridgehead atoms. The molecule has 0 atom stereocenters. The summed E-state index contributed by atoms with van der Waals surface area (Å²) in [7, 11) is 0. The van der Waals surface area contributed by atoms with Crippen molar-refractivity contribution in [2.75, 3.05) is 0 Å². The van der Waals surface area contributed by atoms with Gasteiger partial charge in [0.25, 0.3) is 0 Å². The summed E-state index contributed by atoms with van der Waals surface area (Å²) in [5, 5.41) is 0. The van der Waals surface area contributed by atoms with Gasteiger partial charge in [-0.15, -0.1) is 0 Å². The topological polar surface area (TPSA) is 13.1 Å². The first kappa shape index (κ1) is 7.87. The number of benzene rings is 1. The summed E-state index contributed by atoms with van der Waals surface area (Å²) in [5.41, 5.74) is 3.88. The Bertz CT molecular complexity index is 382. The van der Waals surface area contributed by atoms with Crippen molar-refractivity contribution >= 4 is 6.08 Å². The van der Waals surface area contributed by atoms with E-state index in [1.54, 1.807) is 18.6 Å². The fourth-order valence-corrected chi connectivity index (χ4v) is 1.07. The molecule has 2 aliphatic carbocycles. The van der Waals surface area contributed by atoms with Crippen molar-refractivity contribution in [1.29, 1.82) is 0 Å². The van der Waals surface area contributed by atoms with E-state index in [4.69, 9.17) is 4.42 Å². The second-order valence-corrected chi connectivity index (χ2v) is 2.84. The van der Waals surface area contributed by atoms with Crippen LogP contribution < -0.4 is 0 Å². The van der Waals surface area contributed by atoms with Crippen LogP contribution in [0.25, 0.3) is 17.2 Å². The highest BCUT2D eigenvalue weighted by atomic mass is 16.3. The summed E-state index contributed by atoms with van der Waals surface area (Å²) in [6, 6.07) is 10.3. The number of fused-ring (bicyclic) bond motifs is 1. The highest BCUT2D eigenvalue weighted by Crippen LogP contribution is 2.32. The van der Waals surface area contributed by atoms with Crippen LogP contribution in [0.5, 0.6) is 0 Å². The molecule has 0 saturated heterocycles. The Labute approximate surface area is 77.3 Å². The highest BCUT2D eigenvalue weighted by Gasteiger charge is 2.06. The number of hydrogen-bond acceptors (Lipinski definition) is 1. The molecule has 1 heteroatoms. The van der Waals surface area contributed by atoms with E-state index in [1.165, 1.54) is 11.1 Å². The third-order valence-corrected chi connectivity index (χ3v) is 1.89. The van der Waals surface area contributed by atoms with Gasteiger partial charge in [0.1, 0.15) is 0 Å². The van der Waals surface area contributed by atoms with Crippen molar-refractivity contribution in [3.63, 3.8) is 0 Å². The van der Waals surface area contributed by atoms with Crippen molar-refractivity contribution < 1.29 is 4.42 Å². The lowest BCUT2D eigenvalue weighted by Crippen LogP contribution is -1.50. The molecular weight excluding hydrogens is 160 g/mol. The Hall–Kier alpha value is -1.76. The molecule has 0 radical (unpaired) electrons. The average Bonchev–Trinajstić information content (AvgIpc) is 2.65. The minimum absolute atomic E-state index is 1.03. The Morgan fingerprint density at radius 3 is 2.15 bits per heavy atom.